The maximum atomic E-state index is 12.0. The van der Waals surface area contributed by atoms with Crippen molar-refractivity contribution in [3.05, 3.63) is 55.4 Å². The van der Waals surface area contributed by atoms with Gasteiger partial charge in [0.15, 0.2) is 0 Å². The van der Waals surface area contributed by atoms with Crippen LogP contribution in [0.15, 0.2) is 49.8 Å². The zero-order valence-electron chi connectivity index (χ0n) is 9.36. The van der Waals surface area contributed by atoms with Crippen LogP contribution in [0.1, 0.15) is 10.4 Å². The highest BCUT2D eigenvalue weighted by Crippen LogP contribution is 2.38. The van der Waals surface area contributed by atoms with Crippen molar-refractivity contribution < 1.29 is 14.6 Å². The average Bonchev–Trinajstić information content (AvgIpc) is 2.40. The predicted molar refractivity (Wildman–Crippen MR) is 82.6 cm³/mol. The summed E-state index contributed by atoms with van der Waals surface area (Å²) in [4.78, 5) is 12.0. The lowest BCUT2D eigenvalue weighted by Crippen LogP contribution is -2.09. The average molecular weight is 451 g/mol. The second kappa shape index (κ2) is 6.07. The Morgan fingerprint density at radius 2 is 1.68 bits per heavy atom. The lowest BCUT2D eigenvalue weighted by atomic mass is 10.2. The summed E-state index contributed by atoms with van der Waals surface area (Å²) in [5.41, 5.74) is 0.119. The Morgan fingerprint density at radius 3 is 2.37 bits per heavy atom. The fraction of sp³-hybridized carbons (Fsp3) is 0. The summed E-state index contributed by atoms with van der Waals surface area (Å²) < 4.78 is 7.45. The number of hydrogen-bond donors (Lipinski definition) is 1. The van der Waals surface area contributed by atoms with Gasteiger partial charge in [0.1, 0.15) is 17.1 Å². The molecule has 0 aromatic heterocycles. The van der Waals surface area contributed by atoms with E-state index in [1.807, 2.05) is 0 Å². The number of para-hydroxylation sites is 1. The van der Waals surface area contributed by atoms with Gasteiger partial charge in [-0.05, 0) is 72.1 Å². The number of hydrogen-bond acceptors (Lipinski definition) is 3. The van der Waals surface area contributed by atoms with Crippen LogP contribution in [0.25, 0.3) is 0 Å². The number of carbonyl (C=O) groups excluding carboxylic acids is 1. The summed E-state index contributed by atoms with van der Waals surface area (Å²) in [6, 6.07) is 9.63. The van der Waals surface area contributed by atoms with E-state index in [9.17, 15) is 9.90 Å². The van der Waals surface area contributed by atoms with Gasteiger partial charge in [-0.3, -0.25) is 0 Å². The van der Waals surface area contributed by atoms with E-state index in [1.54, 1.807) is 24.3 Å². The molecule has 0 spiro atoms. The van der Waals surface area contributed by atoms with E-state index in [4.69, 9.17) is 4.74 Å². The second-order valence-corrected chi connectivity index (χ2v) is 6.02. The van der Waals surface area contributed by atoms with Crippen molar-refractivity contribution in [2.24, 2.45) is 0 Å². The first-order valence-electron chi connectivity index (χ1n) is 5.14. The molecule has 2 aromatic rings. The first-order chi connectivity index (χ1) is 9.00. The summed E-state index contributed by atoms with van der Waals surface area (Å²) in [5, 5.41) is 9.60. The molecule has 2 aromatic carbocycles. The molecule has 0 saturated heterocycles. The van der Waals surface area contributed by atoms with Gasteiger partial charge in [-0.25, -0.2) is 4.79 Å². The highest BCUT2D eigenvalue weighted by atomic mass is 79.9. The topological polar surface area (TPSA) is 46.5 Å². The van der Waals surface area contributed by atoms with Crippen LogP contribution in [0.4, 0.5) is 0 Å². The van der Waals surface area contributed by atoms with Gasteiger partial charge in [0.05, 0.1) is 4.47 Å². The first-order valence-corrected chi connectivity index (χ1v) is 7.52. The Bertz CT molecular complexity index is 641. The molecule has 0 saturated carbocycles. The Hall–Kier alpha value is -0.850. The van der Waals surface area contributed by atoms with Crippen LogP contribution < -0.4 is 4.74 Å². The molecule has 19 heavy (non-hydrogen) atoms. The molecule has 1 N–H and O–H groups in total. The summed E-state index contributed by atoms with van der Waals surface area (Å²) in [6.07, 6.45) is 0. The van der Waals surface area contributed by atoms with E-state index in [1.165, 1.54) is 12.1 Å². The third-order valence-electron chi connectivity index (χ3n) is 2.33. The van der Waals surface area contributed by atoms with Crippen molar-refractivity contribution in [1.29, 1.82) is 0 Å². The molecule has 6 heteroatoms. The fourth-order valence-corrected chi connectivity index (χ4v) is 2.74. The van der Waals surface area contributed by atoms with E-state index in [-0.39, 0.29) is 11.3 Å². The minimum Gasteiger partial charge on any atom is -0.507 e. The van der Waals surface area contributed by atoms with E-state index >= 15 is 0 Å². The van der Waals surface area contributed by atoms with Gasteiger partial charge >= 0.3 is 5.97 Å². The molecule has 3 nitrogen and oxygen atoms in total. The van der Waals surface area contributed by atoms with E-state index < -0.39 is 5.97 Å². The number of esters is 1. The van der Waals surface area contributed by atoms with Gasteiger partial charge in [0, 0.05) is 8.95 Å². The molecular formula is C13H7Br3O3. The van der Waals surface area contributed by atoms with E-state index in [2.05, 4.69) is 47.8 Å². The van der Waals surface area contributed by atoms with Crippen molar-refractivity contribution >= 4 is 53.8 Å². The Morgan fingerprint density at radius 1 is 1.00 bits per heavy atom. The van der Waals surface area contributed by atoms with Gasteiger partial charge in [-0.1, -0.05) is 12.1 Å². The monoisotopic (exact) mass is 448 g/mol. The molecule has 0 unspecified atom stereocenters. The van der Waals surface area contributed by atoms with Crippen LogP contribution in [0.3, 0.4) is 0 Å². The minimum atomic E-state index is -0.618. The molecule has 0 fully saturated rings. The van der Waals surface area contributed by atoms with E-state index in [0.717, 1.165) is 8.95 Å². The number of ether oxygens (including phenoxy) is 1. The SMILES string of the molecule is O=C(Oc1ccc(Br)c(Br)c1Br)c1ccccc1O. The quantitative estimate of drug-likeness (QED) is 0.402. The van der Waals surface area contributed by atoms with Gasteiger partial charge in [0.2, 0.25) is 0 Å². The summed E-state index contributed by atoms with van der Waals surface area (Å²) in [5.74, 6) is -0.365. The van der Waals surface area contributed by atoms with Crippen LogP contribution in [-0.4, -0.2) is 11.1 Å². The molecular weight excluding hydrogens is 444 g/mol. The first kappa shape index (κ1) is 14.6. The number of carbonyl (C=O) groups is 1. The highest BCUT2D eigenvalue weighted by Gasteiger charge is 2.16. The second-order valence-electron chi connectivity index (χ2n) is 3.58. The minimum absolute atomic E-state index is 0.111. The van der Waals surface area contributed by atoms with Gasteiger partial charge in [-0.15, -0.1) is 0 Å². The number of phenols is 1. The van der Waals surface area contributed by atoms with E-state index in [0.29, 0.717) is 10.2 Å². The number of aromatic hydroxyl groups is 1. The Balaban J connectivity index is 2.30. The number of rotatable bonds is 2. The zero-order chi connectivity index (χ0) is 14.0. The van der Waals surface area contributed by atoms with Crippen LogP contribution in [-0.2, 0) is 0 Å². The molecule has 98 valence electrons. The summed E-state index contributed by atoms with van der Waals surface area (Å²) in [7, 11) is 0. The summed E-state index contributed by atoms with van der Waals surface area (Å²) in [6.45, 7) is 0. The van der Waals surface area contributed by atoms with Crippen LogP contribution >= 0.6 is 47.8 Å². The lowest BCUT2D eigenvalue weighted by molar-refractivity contribution is 0.0730. The van der Waals surface area contributed by atoms with Gasteiger partial charge in [-0.2, -0.15) is 0 Å². The van der Waals surface area contributed by atoms with Crippen LogP contribution in [0, 0.1) is 0 Å². The number of halogens is 3. The van der Waals surface area contributed by atoms with Crippen molar-refractivity contribution in [1.82, 2.24) is 0 Å². The highest BCUT2D eigenvalue weighted by molar-refractivity contribution is 9.14. The van der Waals surface area contributed by atoms with Gasteiger partial charge in [0.25, 0.3) is 0 Å². The molecule has 2 rings (SSSR count). The molecule has 0 atom stereocenters. The predicted octanol–water partition coefficient (Wildman–Crippen LogP) is 4.90. The third-order valence-corrected chi connectivity index (χ3v) is 5.66. The Labute approximate surface area is 135 Å². The standard InChI is InChI=1S/C13H7Br3O3/c14-8-5-6-10(12(16)11(8)15)19-13(18)7-3-1-2-4-9(7)17/h1-6,17H. The molecule has 0 heterocycles. The number of benzene rings is 2. The molecule has 0 aliphatic rings. The largest absolute Gasteiger partial charge is 0.507 e. The molecule has 0 aliphatic carbocycles. The molecule has 0 amide bonds. The zero-order valence-corrected chi connectivity index (χ0v) is 14.1. The normalized spacial score (nSPS) is 10.3. The van der Waals surface area contributed by atoms with Crippen molar-refractivity contribution in [3.8, 4) is 11.5 Å². The maximum absolute atomic E-state index is 12.0. The summed E-state index contributed by atoms with van der Waals surface area (Å²) >= 11 is 10.0. The lowest BCUT2D eigenvalue weighted by Gasteiger charge is -2.09. The third kappa shape index (κ3) is 3.19. The number of phenolic OH excluding ortho intramolecular Hbond substituents is 1. The van der Waals surface area contributed by atoms with Gasteiger partial charge < -0.3 is 9.84 Å². The van der Waals surface area contributed by atoms with Crippen LogP contribution in [0.2, 0.25) is 0 Å². The van der Waals surface area contributed by atoms with Crippen molar-refractivity contribution in [3.63, 3.8) is 0 Å². The molecule has 0 bridgehead atoms. The molecule has 0 radical (unpaired) electrons. The molecule has 0 aliphatic heterocycles. The Kier molecular flexibility index (Phi) is 4.65. The smallest absolute Gasteiger partial charge is 0.347 e. The fourth-order valence-electron chi connectivity index (χ4n) is 1.39. The van der Waals surface area contributed by atoms with Crippen LogP contribution in [0.5, 0.6) is 11.5 Å². The van der Waals surface area contributed by atoms with Crippen molar-refractivity contribution in [2.45, 2.75) is 0 Å². The maximum Gasteiger partial charge on any atom is 0.347 e. The van der Waals surface area contributed by atoms with Crippen molar-refractivity contribution in [2.75, 3.05) is 0 Å².